The van der Waals surface area contributed by atoms with E-state index in [1.165, 1.54) is 17.0 Å². The van der Waals surface area contributed by atoms with Crippen LogP contribution in [0, 0.1) is 19.7 Å². The maximum Gasteiger partial charge on any atom is 0.254 e. The minimum absolute atomic E-state index is 0.106. The largest absolute Gasteiger partial charge is 0.345 e. The molecule has 0 unspecified atom stereocenters. The zero-order valence-corrected chi connectivity index (χ0v) is 13.5. The molecule has 1 aromatic carbocycles. The summed E-state index contributed by atoms with van der Waals surface area (Å²) in [6.07, 6.45) is 0. The lowest BCUT2D eigenvalue weighted by molar-refractivity contribution is 0.0746. The highest BCUT2D eigenvalue weighted by Gasteiger charge is 2.24. The Hall–Kier alpha value is -1.95. The van der Waals surface area contributed by atoms with Gasteiger partial charge >= 0.3 is 0 Å². The van der Waals surface area contributed by atoms with Crippen LogP contribution in [-0.4, -0.2) is 42.0 Å². The molecule has 22 heavy (non-hydrogen) atoms. The van der Waals surface area contributed by atoms with Crippen molar-refractivity contribution in [1.29, 1.82) is 0 Å². The summed E-state index contributed by atoms with van der Waals surface area (Å²) < 4.78 is 13.2. The first kappa shape index (κ1) is 15.0. The second-order valence-electron chi connectivity index (χ2n) is 5.43. The van der Waals surface area contributed by atoms with Gasteiger partial charge in [-0.15, -0.1) is 11.3 Å². The Bertz CT molecular complexity index is 673. The van der Waals surface area contributed by atoms with Gasteiger partial charge in [-0.1, -0.05) is 6.07 Å². The van der Waals surface area contributed by atoms with Crippen LogP contribution in [-0.2, 0) is 0 Å². The summed E-state index contributed by atoms with van der Waals surface area (Å²) in [4.78, 5) is 22.2. The molecule has 116 valence electrons. The molecule has 0 spiro atoms. The molecule has 6 heteroatoms. The molecule has 0 bridgehead atoms. The summed E-state index contributed by atoms with van der Waals surface area (Å²) in [7, 11) is 0. The first-order valence-electron chi connectivity index (χ1n) is 7.28. The molecule has 1 amide bonds. The fourth-order valence-electron chi connectivity index (χ4n) is 2.50. The molecule has 1 aromatic heterocycles. The first-order chi connectivity index (χ1) is 10.5. The number of aryl methyl sites for hydroxylation is 2. The van der Waals surface area contributed by atoms with Crippen molar-refractivity contribution in [2.75, 3.05) is 31.1 Å². The second-order valence-corrected chi connectivity index (χ2v) is 6.61. The van der Waals surface area contributed by atoms with Crippen LogP contribution in [0.2, 0.25) is 0 Å². The molecular formula is C16H18FN3OS. The predicted molar refractivity (Wildman–Crippen MR) is 86.1 cm³/mol. The van der Waals surface area contributed by atoms with Crippen LogP contribution < -0.4 is 4.90 Å². The molecule has 1 fully saturated rings. The number of hydrogen-bond donors (Lipinski definition) is 0. The van der Waals surface area contributed by atoms with Gasteiger partial charge in [-0.25, -0.2) is 9.37 Å². The lowest BCUT2D eigenvalue weighted by Crippen LogP contribution is -2.48. The smallest absolute Gasteiger partial charge is 0.254 e. The molecule has 3 rings (SSSR count). The highest BCUT2D eigenvalue weighted by Crippen LogP contribution is 2.26. The maximum atomic E-state index is 13.2. The third-order valence-corrected chi connectivity index (χ3v) is 5.06. The monoisotopic (exact) mass is 319 g/mol. The SMILES string of the molecule is Cc1nc(N2CCN(C(=O)c3cccc(F)c3)CC2)sc1C. The van der Waals surface area contributed by atoms with Crippen LogP contribution in [0.15, 0.2) is 24.3 Å². The molecule has 1 aliphatic heterocycles. The molecule has 0 N–H and O–H groups in total. The van der Waals surface area contributed by atoms with Crippen LogP contribution in [0.25, 0.3) is 0 Å². The number of rotatable bonds is 2. The normalized spacial score (nSPS) is 15.2. The van der Waals surface area contributed by atoms with Crippen LogP contribution in [0.1, 0.15) is 20.9 Å². The van der Waals surface area contributed by atoms with Crippen molar-refractivity contribution >= 4 is 22.4 Å². The van der Waals surface area contributed by atoms with Gasteiger partial charge in [0, 0.05) is 36.6 Å². The van der Waals surface area contributed by atoms with E-state index in [2.05, 4.69) is 16.8 Å². The van der Waals surface area contributed by atoms with Gasteiger partial charge in [-0.05, 0) is 32.0 Å². The fourth-order valence-corrected chi connectivity index (χ4v) is 3.46. The first-order valence-corrected chi connectivity index (χ1v) is 8.10. The van der Waals surface area contributed by atoms with E-state index < -0.39 is 0 Å². The molecular weight excluding hydrogens is 301 g/mol. The van der Waals surface area contributed by atoms with Gasteiger partial charge in [-0.2, -0.15) is 0 Å². The van der Waals surface area contributed by atoms with Gasteiger partial charge < -0.3 is 9.80 Å². The van der Waals surface area contributed by atoms with E-state index in [0.717, 1.165) is 23.9 Å². The molecule has 2 heterocycles. The number of amides is 1. The van der Waals surface area contributed by atoms with Crippen LogP contribution >= 0.6 is 11.3 Å². The van der Waals surface area contributed by atoms with E-state index in [0.29, 0.717) is 18.7 Å². The standard InChI is InChI=1S/C16H18FN3OS/c1-11-12(2)22-16(18-11)20-8-6-19(7-9-20)15(21)13-4-3-5-14(17)10-13/h3-5,10H,6-9H2,1-2H3. The maximum absolute atomic E-state index is 13.2. The average molecular weight is 319 g/mol. The summed E-state index contributed by atoms with van der Waals surface area (Å²) in [5, 5.41) is 1.02. The second kappa shape index (κ2) is 6.04. The van der Waals surface area contributed by atoms with Crippen LogP contribution in [0.4, 0.5) is 9.52 Å². The Morgan fingerprint density at radius 1 is 1.23 bits per heavy atom. The van der Waals surface area contributed by atoms with E-state index in [9.17, 15) is 9.18 Å². The molecule has 0 saturated carbocycles. The molecule has 2 aromatic rings. The zero-order chi connectivity index (χ0) is 15.7. The van der Waals surface area contributed by atoms with E-state index in [1.807, 2.05) is 6.92 Å². The highest BCUT2D eigenvalue weighted by atomic mass is 32.1. The Morgan fingerprint density at radius 3 is 2.55 bits per heavy atom. The van der Waals surface area contributed by atoms with E-state index in [1.54, 1.807) is 28.4 Å². The molecule has 4 nitrogen and oxygen atoms in total. The number of benzene rings is 1. The number of hydrogen-bond acceptors (Lipinski definition) is 4. The summed E-state index contributed by atoms with van der Waals surface area (Å²) in [5.74, 6) is -0.483. The Labute approximate surface area is 133 Å². The average Bonchev–Trinajstić information content (AvgIpc) is 2.86. The minimum Gasteiger partial charge on any atom is -0.345 e. The summed E-state index contributed by atoms with van der Waals surface area (Å²) >= 11 is 1.69. The Morgan fingerprint density at radius 2 is 1.95 bits per heavy atom. The molecule has 1 saturated heterocycles. The molecule has 1 aliphatic rings. The molecule has 0 atom stereocenters. The summed E-state index contributed by atoms with van der Waals surface area (Å²) in [6, 6.07) is 5.87. The van der Waals surface area contributed by atoms with E-state index >= 15 is 0 Å². The lowest BCUT2D eigenvalue weighted by Gasteiger charge is -2.34. The number of piperazine rings is 1. The summed E-state index contributed by atoms with van der Waals surface area (Å²) in [5.41, 5.74) is 1.48. The van der Waals surface area contributed by atoms with Gasteiger partial charge in [0.05, 0.1) is 5.69 Å². The third-order valence-electron chi connectivity index (χ3n) is 3.93. The van der Waals surface area contributed by atoms with Crippen LogP contribution in [0.3, 0.4) is 0 Å². The van der Waals surface area contributed by atoms with Crippen LogP contribution in [0.5, 0.6) is 0 Å². The number of thiazole rings is 1. The van der Waals surface area contributed by atoms with Crippen molar-refractivity contribution in [3.63, 3.8) is 0 Å². The van der Waals surface area contributed by atoms with Crippen molar-refractivity contribution in [2.24, 2.45) is 0 Å². The molecule has 0 radical (unpaired) electrons. The van der Waals surface area contributed by atoms with Gasteiger partial charge in [0.2, 0.25) is 0 Å². The van der Waals surface area contributed by atoms with Crippen molar-refractivity contribution in [3.8, 4) is 0 Å². The fraction of sp³-hybridized carbons (Fsp3) is 0.375. The van der Waals surface area contributed by atoms with Crippen molar-refractivity contribution in [1.82, 2.24) is 9.88 Å². The molecule has 0 aliphatic carbocycles. The Kier molecular flexibility index (Phi) is 4.11. The van der Waals surface area contributed by atoms with Gasteiger partial charge in [0.25, 0.3) is 5.91 Å². The van der Waals surface area contributed by atoms with E-state index in [4.69, 9.17) is 0 Å². The van der Waals surface area contributed by atoms with Gasteiger partial charge in [-0.3, -0.25) is 4.79 Å². The highest BCUT2D eigenvalue weighted by molar-refractivity contribution is 7.15. The van der Waals surface area contributed by atoms with Gasteiger partial charge in [0.15, 0.2) is 5.13 Å². The number of carbonyl (C=O) groups is 1. The summed E-state index contributed by atoms with van der Waals surface area (Å²) in [6.45, 7) is 6.86. The van der Waals surface area contributed by atoms with Crippen molar-refractivity contribution in [2.45, 2.75) is 13.8 Å². The zero-order valence-electron chi connectivity index (χ0n) is 12.7. The van der Waals surface area contributed by atoms with E-state index in [-0.39, 0.29) is 11.7 Å². The Balaban J connectivity index is 1.65. The quantitative estimate of drug-likeness (QED) is 0.854. The lowest BCUT2D eigenvalue weighted by atomic mass is 10.2. The van der Waals surface area contributed by atoms with Gasteiger partial charge in [0.1, 0.15) is 5.82 Å². The van der Waals surface area contributed by atoms with Crippen molar-refractivity contribution in [3.05, 3.63) is 46.2 Å². The minimum atomic E-state index is -0.377. The topological polar surface area (TPSA) is 36.4 Å². The third kappa shape index (κ3) is 2.97. The number of halogens is 1. The number of aromatic nitrogens is 1. The van der Waals surface area contributed by atoms with Crippen molar-refractivity contribution < 1.29 is 9.18 Å². The predicted octanol–water partition coefficient (Wildman–Crippen LogP) is 2.86. The number of carbonyl (C=O) groups excluding carboxylic acids is 1. The number of anilines is 1. The number of nitrogens with zero attached hydrogens (tertiary/aromatic N) is 3.